The van der Waals surface area contributed by atoms with Crippen LogP contribution in [0.2, 0.25) is 0 Å². The van der Waals surface area contributed by atoms with Gasteiger partial charge in [-0.25, -0.2) is 14.1 Å². The van der Waals surface area contributed by atoms with E-state index in [-0.39, 0.29) is 35.8 Å². The Hall–Kier alpha value is -3.46. The van der Waals surface area contributed by atoms with E-state index in [4.69, 9.17) is 4.98 Å². The molecule has 0 saturated carbocycles. The summed E-state index contributed by atoms with van der Waals surface area (Å²) in [6.07, 6.45) is 3.26. The van der Waals surface area contributed by atoms with Gasteiger partial charge in [-0.15, -0.1) is 0 Å². The van der Waals surface area contributed by atoms with E-state index in [1.165, 1.54) is 23.9 Å². The van der Waals surface area contributed by atoms with E-state index in [9.17, 15) is 14.0 Å². The Balaban J connectivity index is 1.34. The van der Waals surface area contributed by atoms with Crippen molar-refractivity contribution >= 4 is 34.4 Å². The van der Waals surface area contributed by atoms with Gasteiger partial charge in [0.2, 0.25) is 5.91 Å². The van der Waals surface area contributed by atoms with Crippen LogP contribution < -0.4 is 10.5 Å². The number of aromatic nitrogens is 4. The third kappa shape index (κ3) is 3.64. The number of fused-ring (bicyclic) bond motifs is 3. The Kier molecular flexibility index (Phi) is 5.48. The molecule has 7 nitrogen and oxygen atoms in total. The quantitative estimate of drug-likeness (QED) is 0.378. The average molecular weight is 504 g/mol. The second-order valence-corrected chi connectivity index (χ2v) is 10.7. The number of nitrogens with zero attached hydrogens (tertiary/aromatic N) is 5. The Morgan fingerprint density at radius 1 is 1.17 bits per heavy atom. The van der Waals surface area contributed by atoms with Gasteiger partial charge in [0.15, 0.2) is 10.8 Å². The number of carbonyl (C=O) groups is 1. The molecule has 4 heterocycles. The predicted molar refractivity (Wildman–Crippen MR) is 139 cm³/mol. The molecule has 6 rings (SSSR count). The summed E-state index contributed by atoms with van der Waals surface area (Å²) in [6, 6.07) is 10.4. The van der Waals surface area contributed by atoms with Crippen molar-refractivity contribution < 1.29 is 9.18 Å². The minimum atomic E-state index is -0.301. The normalized spacial score (nSPS) is 18.9. The monoisotopic (exact) mass is 503 g/mol. The molecule has 0 aliphatic carbocycles. The Bertz CT molecular complexity index is 1590. The Morgan fingerprint density at radius 3 is 2.78 bits per heavy atom. The Labute approximate surface area is 211 Å². The van der Waals surface area contributed by atoms with Crippen molar-refractivity contribution in [1.82, 2.24) is 19.3 Å². The molecule has 0 radical (unpaired) electrons. The second kappa shape index (κ2) is 8.58. The van der Waals surface area contributed by atoms with Crippen LogP contribution in [0.3, 0.4) is 0 Å². The van der Waals surface area contributed by atoms with Crippen LogP contribution in [0.5, 0.6) is 0 Å². The summed E-state index contributed by atoms with van der Waals surface area (Å²) < 4.78 is 17.1. The molecule has 2 unspecified atom stereocenters. The van der Waals surface area contributed by atoms with E-state index in [0.29, 0.717) is 21.9 Å². The van der Waals surface area contributed by atoms with Crippen molar-refractivity contribution in [2.75, 3.05) is 10.7 Å². The number of amides is 1. The molecule has 2 aromatic carbocycles. The molecule has 0 bridgehead atoms. The maximum atomic E-state index is 13.8. The molecule has 2 aromatic heterocycles. The smallest absolute Gasteiger partial charge is 0.265 e. The van der Waals surface area contributed by atoms with Crippen molar-refractivity contribution in [3.8, 4) is 5.69 Å². The SMILES string of the molecule is Cc1ccc(-n2ncc3c(=O)n4c(nc32)SCC4CC(=O)N2c3ccc(F)cc3CCC2C)c(C)c1. The standard InChI is InChI=1S/C27H26FN5O2S/c1-15-4-8-22(16(2)10-15)33-25-21(13-29-33)26(35)32-20(14-36-27(32)30-25)12-24(34)31-17(3)5-6-18-11-19(28)7-9-23(18)31/h4,7-11,13,17,20H,5-6,12,14H2,1-3H3. The zero-order chi connectivity index (χ0) is 25.1. The number of carbonyl (C=O) groups excluding carboxylic acids is 1. The first-order valence-corrected chi connectivity index (χ1v) is 13.1. The molecule has 1 amide bonds. The molecule has 0 spiro atoms. The largest absolute Gasteiger partial charge is 0.309 e. The van der Waals surface area contributed by atoms with Crippen LogP contribution in [0, 0.1) is 19.7 Å². The maximum absolute atomic E-state index is 13.8. The molecular formula is C27H26FN5O2S. The summed E-state index contributed by atoms with van der Waals surface area (Å²) >= 11 is 1.49. The summed E-state index contributed by atoms with van der Waals surface area (Å²) in [7, 11) is 0. The molecule has 0 N–H and O–H groups in total. The van der Waals surface area contributed by atoms with Crippen molar-refractivity contribution in [3.63, 3.8) is 0 Å². The topological polar surface area (TPSA) is 73.0 Å². The van der Waals surface area contributed by atoms with Crippen LogP contribution in [0.4, 0.5) is 10.1 Å². The van der Waals surface area contributed by atoms with Gasteiger partial charge in [-0.2, -0.15) is 5.10 Å². The van der Waals surface area contributed by atoms with E-state index in [0.717, 1.165) is 40.9 Å². The van der Waals surface area contributed by atoms with E-state index < -0.39 is 0 Å². The lowest BCUT2D eigenvalue weighted by atomic mass is 9.95. The summed E-state index contributed by atoms with van der Waals surface area (Å²) in [6.45, 7) is 6.07. The second-order valence-electron chi connectivity index (χ2n) is 9.75. The molecule has 184 valence electrons. The third-order valence-corrected chi connectivity index (χ3v) is 8.30. The molecule has 0 fully saturated rings. The minimum absolute atomic E-state index is 0.0114. The summed E-state index contributed by atoms with van der Waals surface area (Å²) in [5.74, 6) is 0.238. The highest BCUT2D eigenvalue weighted by Crippen LogP contribution is 2.37. The van der Waals surface area contributed by atoms with Crippen LogP contribution >= 0.6 is 11.8 Å². The summed E-state index contributed by atoms with van der Waals surface area (Å²) in [5, 5.41) is 5.52. The van der Waals surface area contributed by atoms with Gasteiger partial charge < -0.3 is 4.90 Å². The predicted octanol–water partition coefficient (Wildman–Crippen LogP) is 4.74. The minimum Gasteiger partial charge on any atom is -0.309 e. The van der Waals surface area contributed by atoms with E-state index in [1.54, 1.807) is 26.4 Å². The average Bonchev–Trinajstić information content (AvgIpc) is 3.44. The Morgan fingerprint density at radius 2 is 1.97 bits per heavy atom. The zero-order valence-corrected chi connectivity index (χ0v) is 21.2. The highest BCUT2D eigenvalue weighted by atomic mass is 32.2. The van der Waals surface area contributed by atoms with Crippen LogP contribution in [0.15, 0.2) is 52.5 Å². The molecular weight excluding hydrogens is 477 g/mol. The zero-order valence-electron chi connectivity index (χ0n) is 20.4. The maximum Gasteiger partial charge on any atom is 0.265 e. The van der Waals surface area contributed by atoms with Crippen LogP contribution in [0.1, 0.15) is 42.5 Å². The lowest BCUT2D eigenvalue weighted by molar-refractivity contribution is -0.119. The number of rotatable bonds is 3. The first kappa shape index (κ1) is 23.0. The van der Waals surface area contributed by atoms with E-state index in [1.807, 2.05) is 32.9 Å². The van der Waals surface area contributed by atoms with Gasteiger partial charge in [-0.05, 0) is 69.0 Å². The van der Waals surface area contributed by atoms with Gasteiger partial charge in [0, 0.05) is 23.9 Å². The lowest BCUT2D eigenvalue weighted by Crippen LogP contribution is -2.43. The fourth-order valence-electron chi connectivity index (χ4n) is 5.40. The van der Waals surface area contributed by atoms with Gasteiger partial charge in [0.25, 0.3) is 5.56 Å². The van der Waals surface area contributed by atoms with E-state index >= 15 is 0 Å². The fourth-order valence-corrected chi connectivity index (χ4v) is 6.53. The first-order valence-electron chi connectivity index (χ1n) is 12.1. The van der Waals surface area contributed by atoms with Crippen molar-refractivity contribution in [2.24, 2.45) is 0 Å². The fraction of sp³-hybridized carbons (Fsp3) is 0.333. The number of benzene rings is 2. The van der Waals surface area contributed by atoms with Crippen molar-refractivity contribution in [3.05, 3.63) is 75.5 Å². The number of hydrogen-bond acceptors (Lipinski definition) is 5. The van der Waals surface area contributed by atoms with Crippen LogP contribution in [0.25, 0.3) is 16.7 Å². The number of aryl methyl sites for hydroxylation is 3. The highest BCUT2D eigenvalue weighted by molar-refractivity contribution is 7.99. The van der Waals surface area contributed by atoms with Gasteiger partial charge in [0.05, 0.1) is 17.9 Å². The van der Waals surface area contributed by atoms with E-state index in [2.05, 4.69) is 11.2 Å². The number of thioether (sulfide) groups is 1. The van der Waals surface area contributed by atoms with Crippen molar-refractivity contribution in [2.45, 2.75) is 57.3 Å². The van der Waals surface area contributed by atoms with Crippen molar-refractivity contribution in [1.29, 1.82) is 0 Å². The van der Waals surface area contributed by atoms with Gasteiger partial charge in [-0.1, -0.05) is 29.5 Å². The van der Waals surface area contributed by atoms with Crippen LogP contribution in [-0.4, -0.2) is 37.0 Å². The summed E-state index contributed by atoms with van der Waals surface area (Å²) in [5.41, 5.74) is 5.05. The molecule has 4 aromatic rings. The molecule has 2 aliphatic rings. The number of hydrogen-bond donors (Lipinski definition) is 0. The van der Waals surface area contributed by atoms with Crippen LogP contribution in [-0.2, 0) is 11.2 Å². The first-order chi connectivity index (χ1) is 17.3. The molecule has 0 saturated heterocycles. The van der Waals surface area contributed by atoms with Gasteiger partial charge in [0.1, 0.15) is 11.2 Å². The lowest BCUT2D eigenvalue weighted by Gasteiger charge is -2.36. The van der Waals surface area contributed by atoms with Gasteiger partial charge >= 0.3 is 0 Å². The molecule has 9 heteroatoms. The molecule has 2 atom stereocenters. The molecule has 2 aliphatic heterocycles. The number of halogens is 1. The third-order valence-electron chi connectivity index (χ3n) is 7.20. The molecule has 36 heavy (non-hydrogen) atoms. The number of anilines is 1. The summed E-state index contributed by atoms with van der Waals surface area (Å²) in [4.78, 5) is 33.7. The highest BCUT2D eigenvalue weighted by Gasteiger charge is 2.34. The van der Waals surface area contributed by atoms with Gasteiger partial charge in [-0.3, -0.25) is 14.2 Å².